The molecular weight excluding hydrogens is 252 g/mol. The summed E-state index contributed by atoms with van der Waals surface area (Å²) in [7, 11) is -3.89. The van der Waals surface area contributed by atoms with Crippen LogP contribution in [0.25, 0.3) is 0 Å². The van der Waals surface area contributed by atoms with E-state index in [2.05, 4.69) is 0 Å². The molecule has 1 N–H and O–H groups in total. The lowest BCUT2D eigenvalue weighted by Gasteiger charge is -2.09. The van der Waals surface area contributed by atoms with Gasteiger partial charge in [0, 0.05) is 0 Å². The molecule has 18 heavy (non-hydrogen) atoms. The summed E-state index contributed by atoms with van der Waals surface area (Å²) in [6.07, 6.45) is 1.94. The Bertz CT molecular complexity index is 450. The van der Waals surface area contributed by atoms with Gasteiger partial charge in [0.15, 0.2) is 0 Å². The highest BCUT2D eigenvalue weighted by Crippen LogP contribution is 2.13. The molecule has 0 aliphatic carbocycles. The van der Waals surface area contributed by atoms with Crippen LogP contribution >= 0.6 is 0 Å². The molecule has 0 aliphatic heterocycles. The maximum absolute atomic E-state index is 10.8. The monoisotopic (exact) mass is 272 g/mol. The van der Waals surface area contributed by atoms with Crippen LogP contribution in [0.2, 0.25) is 0 Å². The van der Waals surface area contributed by atoms with Crippen molar-refractivity contribution in [2.24, 2.45) is 0 Å². The smallest absolute Gasteiger partial charge is 0.267 e. The molecule has 1 aromatic rings. The van der Waals surface area contributed by atoms with Crippen molar-refractivity contribution in [3.8, 4) is 5.75 Å². The van der Waals surface area contributed by atoms with Gasteiger partial charge in [-0.25, -0.2) is 0 Å². The van der Waals surface area contributed by atoms with Crippen LogP contribution in [0.3, 0.4) is 0 Å². The second-order valence-corrected chi connectivity index (χ2v) is 6.32. The SMILES string of the molecule is Cc1ccc(OCCCCC(C)S(=O)(=O)O)cc1. The molecule has 0 fully saturated rings. The van der Waals surface area contributed by atoms with Crippen LogP contribution in [-0.4, -0.2) is 24.8 Å². The third kappa shape index (κ3) is 5.51. The number of hydrogen-bond donors (Lipinski definition) is 1. The first-order valence-corrected chi connectivity index (χ1v) is 7.55. The molecule has 0 radical (unpaired) electrons. The van der Waals surface area contributed by atoms with Crippen molar-refractivity contribution in [3.05, 3.63) is 29.8 Å². The Balaban J connectivity index is 2.18. The fourth-order valence-electron chi connectivity index (χ4n) is 1.51. The van der Waals surface area contributed by atoms with Gasteiger partial charge in [-0.1, -0.05) is 17.7 Å². The van der Waals surface area contributed by atoms with E-state index in [1.54, 1.807) is 0 Å². The summed E-state index contributed by atoms with van der Waals surface area (Å²) >= 11 is 0. The van der Waals surface area contributed by atoms with E-state index < -0.39 is 15.4 Å². The maximum Gasteiger partial charge on any atom is 0.267 e. The van der Waals surface area contributed by atoms with E-state index in [1.807, 2.05) is 31.2 Å². The lowest BCUT2D eigenvalue weighted by molar-refractivity contribution is 0.304. The summed E-state index contributed by atoms with van der Waals surface area (Å²) in [5.41, 5.74) is 1.18. The van der Waals surface area contributed by atoms with Crippen LogP contribution in [0.4, 0.5) is 0 Å². The normalized spacial score (nSPS) is 13.3. The maximum atomic E-state index is 10.8. The quantitative estimate of drug-likeness (QED) is 0.612. The van der Waals surface area contributed by atoms with Gasteiger partial charge in [0.2, 0.25) is 0 Å². The van der Waals surface area contributed by atoms with Crippen LogP contribution < -0.4 is 4.74 Å². The van der Waals surface area contributed by atoms with Crippen LogP contribution in [-0.2, 0) is 10.1 Å². The predicted octanol–water partition coefficient (Wildman–Crippen LogP) is 2.82. The van der Waals surface area contributed by atoms with Crippen molar-refractivity contribution < 1.29 is 17.7 Å². The highest BCUT2D eigenvalue weighted by atomic mass is 32.2. The lowest BCUT2D eigenvalue weighted by atomic mass is 10.2. The molecule has 0 aliphatic rings. The summed E-state index contributed by atoms with van der Waals surface area (Å²) in [6.45, 7) is 4.08. The summed E-state index contributed by atoms with van der Waals surface area (Å²) < 4.78 is 35.8. The van der Waals surface area contributed by atoms with E-state index in [9.17, 15) is 8.42 Å². The molecule has 1 aromatic carbocycles. The van der Waals surface area contributed by atoms with Crippen molar-refractivity contribution in [2.45, 2.75) is 38.4 Å². The molecule has 0 aromatic heterocycles. The molecule has 0 amide bonds. The Kier molecular flexibility index (Phi) is 5.62. The molecule has 0 spiro atoms. The minimum absolute atomic E-state index is 0.454. The van der Waals surface area contributed by atoms with Gasteiger partial charge in [0.05, 0.1) is 11.9 Å². The summed E-state index contributed by atoms with van der Waals surface area (Å²) in [6, 6.07) is 7.79. The molecule has 0 saturated heterocycles. The van der Waals surface area contributed by atoms with Crippen molar-refractivity contribution in [1.82, 2.24) is 0 Å². The standard InChI is InChI=1S/C13H20O4S/c1-11-6-8-13(9-7-11)17-10-4-3-5-12(2)18(14,15)16/h6-9,12H,3-5,10H2,1-2H3,(H,14,15,16). The second-order valence-electron chi connectivity index (χ2n) is 4.48. The highest BCUT2D eigenvalue weighted by Gasteiger charge is 2.15. The number of ether oxygens (including phenoxy) is 1. The fourth-order valence-corrected chi connectivity index (χ4v) is 1.97. The van der Waals surface area contributed by atoms with E-state index in [0.29, 0.717) is 19.4 Å². The van der Waals surface area contributed by atoms with Gasteiger partial charge in [-0.2, -0.15) is 8.42 Å². The van der Waals surface area contributed by atoms with Gasteiger partial charge in [0.25, 0.3) is 10.1 Å². The second kappa shape index (κ2) is 6.75. The summed E-state index contributed by atoms with van der Waals surface area (Å²) in [5, 5.41) is -0.697. The Labute approximate surface area is 109 Å². The number of hydrogen-bond acceptors (Lipinski definition) is 3. The van der Waals surface area contributed by atoms with Gasteiger partial charge in [0.1, 0.15) is 5.75 Å². The average molecular weight is 272 g/mol. The topological polar surface area (TPSA) is 63.6 Å². The Hall–Kier alpha value is -1.07. The Morgan fingerprint density at radius 3 is 2.39 bits per heavy atom. The average Bonchev–Trinajstić information content (AvgIpc) is 2.29. The number of rotatable bonds is 7. The summed E-state index contributed by atoms with van der Waals surface area (Å²) in [4.78, 5) is 0. The van der Waals surface area contributed by atoms with E-state index >= 15 is 0 Å². The minimum atomic E-state index is -3.89. The van der Waals surface area contributed by atoms with Crippen molar-refractivity contribution >= 4 is 10.1 Å². The largest absolute Gasteiger partial charge is 0.494 e. The van der Waals surface area contributed by atoms with E-state index in [0.717, 1.165) is 12.2 Å². The van der Waals surface area contributed by atoms with Gasteiger partial charge in [-0.3, -0.25) is 4.55 Å². The van der Waals surface area contributed by atoms with Crippen LogP contribution in [0.1, 0.15) is 31.7 Å². The van der Waals surface area contributed by atoms with E-state index in [-0.39, 0.29) is 0 Å². The third-order valence-corrected chi connectivity index (χ3v) is 4.06. The van der Waals surface area contributed by atoms with Crippen LogP contribution in [0.5, 0.6) is 5.75 Å². The number of aryl methyl sites for hydroxylation is 1. The van der Waals surface area contributed by atoms with Crippen molar-refractivity contribution in [1.29, 1.82) is 0 Å². The Morgan fingerprint density at radius 1 is 1.22 bits per heavy atom. The van der Waals surface area contributed by atoms with Crippen LogP contribution in [0.15, 0.2) is 24.3 Å². The van der Waals surface area contributed by atoms with Crippen molar-refractivity contribution in [3.63, 3.8) is 0 Å². The zero-order valence-corrected chi connectivity index (χ0v) is 11.6. The molecule has 1 unspecified atom stereocenters. The van der Waals surface area contributed by atoms with Crippen molar-refractivity contribution in [2.75, 3.05) is 6.61 Å². The van der Waals surface area contributed by atoms with Crippen LogP contribution in [0, 0.1) is 6.92 Å². The van der Waals surface area contributed by atoms with E-state index in [4.69, 9.17) is 9.29 Å². The predicted molar refractivity (Wildman–Crippen MR) is 71.5 cm³/mol. The summed E-state index contributed by atoms with van der Waals surface area (Å²) in [5.74, 6) is 0.823. The van der Waals surface area contributed by atoms with Gasteiger partial charge in [-0.05, 0) is 45.2 Å². The Morgan fingerprint density at radius 2 is 1.83 bits per heavy atom. The van der Waals surface area contributed by atoms with E-state index in [1.165, 1.54) is 12.5 Å². The first-order chi connectivity index (χ1) is 8.39. The zero-order chi connectivity index (χ0) is 13.6. The van der Waals surface area contributed by atoms with Gasteiger partial charge >= 0.3 is 0 Å². The lowest BCUT2D eigenvalue weighted by Crippen LogP contribution is -2.16. The molecule has 0 bridgehead atoms. The highest BCUT2D eigenvalue weighted by molar-refractivity contribution is 7.86. The fraction of sp³-hybridized carbons (Fsp3) is 0.538. The number of benzene rings is 1. The first kappa shape index (κ1) is 15.0. The number of unbranched alkanes of at least 4 members (excludes halogenated alkanes) is 1. The molecule has 4 nitrogen and oxygen atoms in total. The third-order valence-electron chi connectivity index (χ3n) is 2.80. The minimum Gasteiger partial charge on any atom is -0.494 e. The molecule has 0 saturated carbocycles. The molecule has 1 atom stereocenters. The molecule has 102 valence electrons. The molecule has 5 heteroatoms. The molecule has 1 rings (SSSR count). The molecule has 0 heterocycles. The zero-order valence-electron chi connectivity index (χ0n) is 10.8. The van der Waals surface area contributed by atoms with Gasteiger partial charge < -0.3 is 4.74 Å². The molecular formula is C13H20O4S. The first-order valence-electron chi connectivity index (χ1n) is 6.05. The van der Waals surface area contributed by atoms with Gasteiger partial charge in [-0.15, -0.1) is 0 Å².